The molecule has 2 aromatic rings. The molecule has 0 bridgehead atoms. The van der Waals surface area contributed by atoms with Gasteiger partial charge in [-0.2, -0.15) is 0 Å². The molecule has 2 amide bonds. The van der Waals surface area contributed by atoms with Gasteiger partial charge in [0.1, 0.15) is 12.1 Å². The predicted octanol–water partition coefficient (Wildman–Crippen LogP) is 4.74. The second-order valence-corrected chi connectivity index (χ2v) is 9.78. The third-order valence-electron chi connectivity index (χ3n) is 4.56. The van der Waals surface area contributed by atoms with E-state index in [1.807, 2.05) is 37.3 Å². The number of hydrogen-bond acceptors (Lipinski definition) is 5. The Kier molecular flexibility index (Phi) is 9.32. The maximum Gasteiger partial charge on any atom is 0.326 e. The largest absolute Gasteiger partial charge is 0.459 e. The number of aryl methyl sites for hydroxylation is 1. The SMILES string of the molecule is CC(=O)SCC(Cc1ccccc1C)NC(=O)N(CC(=O)OC(C)(C)C)c1ccccc1. The van der Waals surface area contributed by atoms with Crippen LogP contribution in [0.1, 0.15) is 38.8 Å². The van der Waals surface area contributed by atoms with Crippen molar-refractivity contribution < 1.29 is 19.1 Å². The molecule has 0 heterocycles. The molecule has 6 nitrogen and oxygen atoms in total. The Labute approximate surface area is 194 Å². The number of nitrogens with zero attached hydrogens (tertiary/aromatic N) is 1. The van der Waals surface area contributed by atoms with E-state index in [4.69, 9.17) is 4.74 Å². The first-order valence-corrected chi connectivity index (χ1v) is 11.6. The number of carbonyl (C=O) groups excluding carboxylic acids is 3. The molecule has 7 heteroatoms. The van der Waals surface area contributed by atoms with Crippen LogP contribution in [0.25, 0.3) is 0 Å². The standard InChI is InChI=1S/C25H32N2O4S/c1-18-11-9-10-12-20(18)15-21(17-32-19(2)28)26-24(30)27(22-13-7-6-8-14-22)16-23(29)31-25(3,4)5/h6-14,21H,15-17H2,1-5H3,(H,26,30). The van der Waals surface area contributed by atoms with Crippen molar-refractivity contribution in [1.29, 1.82) is 0 Å². The second kappa shape index (κ2) is 11.7. The Bertz CT molecular complexity index is 925. The van der Waals surface area contributed by atoms with Crippen LogP contribution in [-0.4, -0.2) is 41.1 Å². The van der Waals surface area contributed by atoms with Crippen LogP contribution in [0.15, 0.2) is 54.6 Å². The molecule has 2 aromatic carbocycles. The number of thioether (sulfide) groups is 1. The van der Waals surface area contributed by atoms with Gasteiger partial charge in [-0.1, -0.05) is 54.2 Å². The quantitative estimate of drug-likeness (QED) is 0.581. The second-order valence-electron chi connectivity index (χ2n) is 8.59. The third kappa shape index (κ3) is 8.75. The number of hydrogen-bond donors (Lipinski definition) is 1. The van der Waals surface area contributed by atoms with Crippen LogP contribution < -0.4 is 10.2 Å². The van der Waals surface area contributed by atoms with Gasteiger partial charge in [-0.15, -0.1) is 0 Å². The van der Waals surface area contributed by atoms with E-state index in [1.165, 1.54) is 23.6 Å². The summed E-state index contributed by atoms with van der Waals surface area (Å²) in [5, 5.41) is 3.01. The Hall–Kier alpha value is -2.80. The number of carbonyl (C=O) groups is 3. The molecule has 0 spiro atoms. The van der Waals surface area contributed by atoms with Crippen LogP contribution >= 0.6 is 11.8 Å². The molecule has 0 saturated carbocycles. The summed E-state index contributed by atoms with van der Waals surface area (Å²) < 4.78 is 5.43. The van der Waals surface area contributed by atoms with Crippen LogP contribution in [0.4, 0.5) is 10.5 Å². The summed E-state index contributed by atoms with van der Waals surface area (Å²) in [7, 11) is 0. The minimum absolute atomic E-state index is 0.0114. The molecule has 0 aliphatic carbocycles. The van der Waals surface area contributed by atoms with E-state index in [9.17, 15) is 14.4 Å². The van der Waals surface area contributed by atoms with E-state index >= 15 is 0 Å². The molecular formula is C25H32N2O4S. The highest BCUT2D eigenvalue weighted by Crippen LogP contribution is 2.18. The van der Waals surface area contributed by atoms with Crippen LogP contribution in [0.5, 0.6) is 0 Å². The normalized spacial score (nSPS) is 12.0. The van der Waals surface area contributed by atoms with Crippen LogP contribution in [0.3, 0.4) is 0 Å². The first-order valence-electron chi connectivity index (χ1n) is 10.6. The lowest BCUT2D eigenvalue weighted by molar-refractivity contribution is -0.152. The fraction of sp³-hybridized carbons (Fsp3) is 0.400. The fourth-order valence-corrected chi connectivity index (χ4v) is 3.75. The average Bonchev–Trinajstić information content (AvgIpc) is 2.71. The van der Waals surface area contributed by atoms with Crippen LogP contribution in [-0.2, 0) is 20.7 Å². The molecule has 0 radical (unpaired) electrons. The average molecular weight is 457 g/mol. The predicted molar refractivity (Wildman–Crippen MR) is 130 cm³/mol. The Balaban J connectivity index is 2.22. The molecule has 1 atom stereocenters. The summed E-state index contributed by atoms with van der Waals surface area (Å²) in [5.41, 5.74) is 2.15. The van der Waals surface area contributed by atoms with Gasteiger partial charge in [0.25, 0.3) is 0 Å². The topological polar surface area (TPSA) is 75.7 Å². The van der Waals surface area contributed by atoms with Crippen LogP contribution in [0, 0.1) is 6.92 Å². The summed E-state index contributed by atoms with van der Waals surface area (Å²) in [6.07, 6.45) is 0.577. The van der Waals surface area contributed by atoms with Gasteiger partial charge in [0.2, 0.25) is 0 Å². The van der Waals surface area contributed by atoms with E-state index in [2.05, 4.69) is 5.32 Å². The number of nitrogens with one attached hydrogen (secondary N) is 1. The van der Waals surface area contributed by atoms with Gasteiger partial charge in [0.05, 0.1) is 0 Å². The molecule has 1 unspecified atom stereocenters. The van der Waals surface area contributed by atoms with Crippen molar-refractivity contribution in [2.75, 3.05) is 17.2 Å². The zero-order chi connectivity index (χ0) is 23.7. The third-order valence-corrected chi connectivity index (χ3v) is 5.54. The number of ether oxygens (including phenoxy) is 1. The number of anilines is 1. The number of rotatable bonds is 8. The monoisotopic (exact) mass is 456 g/mol. The number of esters is 1. The Morgan fingerprint density at radius 2 is 1.66 bits per heavy atom. The number of amides is 2. The number of urea groups is 1. The fourth-order valence-electron chi connectivity index (χ4n) is 3.12. The first-order chi connectivity index (χ1) is 15.0. The van der Waals surface area contributed by atoms with Crippen molar-refractivity contribution in [2.45, 2.75) is 52.7 Å². The lowest BCUT2D eigenvalue weighted by Crippen LogP contribution is -2.49. The highest BCUT2D eigenvalue weighted by atomic mass is 32.2. The van der Waals surface area contributed by atoms with Gasteiger partial charge in [0.15, 0.2) is 5.12 Å². The van der Waals surface area contributed by atoms with Crippen LogP contribution in [0.2, 0.25) is 0 Å². The van der Waals surface area contributed by atoms with Crippen molar-refractivity contribution in [3.8, 4) is 0 Å². The highest BCUT2D eigenvalue weighted by Gasteiger charge is 2.25. The van der Waals surface area contributed by atoms with E-state index in [-0.39, 0.29) is 17.7 Å². The number of para-hydroxylation sites is 1. The zero-order valence-corrected chi connectivity index (χ0v) is 20.2. The van der Waals surface area contributed by atoms with Gasteiger partial charge in [-0.05, 0) is 57.4 Å². The summed E-state index contributed by atoms with van der Waals surface area (Å²) >= 11 is 1.17. The Morgan fingerprint density at radius 1 is 1.03 bits per heavy atom. The van der Waals surface area contributed by atoms with Crippen molar-refractivity contribution >= 4 is 34.6 Å². The lowest BCUT2D eigenvalue weighted by Gasteiger charge is -2.28. The molecule has 0 aliphatic rings. The Morgan fingerprint density at radius 3 is 2.25 bits per heavy atom. The summed E-state index contributed by atoms with van der Waals surface area (Å²) in [4.78, 5) is 38.7. The summed E-state index contributed by atoms with van der Waals surface area (Å²) in [6, 6.07) is 16.3. The van der Waals surface area contributed by atoms with Gasteiger partial charge in [-0.25, -0.2) is 4.79 Å². The summed E-state index contributed by atoms with van der Waals surface area (Å²) in [6.45, 7) is 8.67. The zero-order valence-electron chi connectivity index (χ0n) is 19.4. The van der Waals surface area contributed by atoms with Crippen molar-refractivity contribution in [3.63, 3.8) is 0 Å². The van der Waals surface area contributed by atoms with Gasteiger partial charge >= 0.3 is 12.0 Å². The van der Waals surface area contributed by atoms with E-state index in [0.717, 1.165) is 11.1 Å². The highest BCUT2D eigenvalue weighted by molar-refractivity contribution is 8.13. The molecule has 0 saturated heterocycles. The maximum atomic E-state index is 13.3. The molecule has 32 heavy (non-hydrogen) atoms. The van der Waals surface area contributed by atoms with Crippen molar-refractivity contribution in [1.82, 2.24) is 5.32 Å². The molecular weight excluding hydrogens is 424 g/mol. The van der Waals surface area contributed by atoms with Gasteiger partial charge < -0.3 is 10.1 Å². The molecule has 0 aliphatic heterocycles. The molecule has 2 rings (SSSR count). The van der Waals surface area contributed by atoms with E-state index < -0.39 is 17.6 Å². The van der Waals surface area contributed by atoms with E-state index in [0.29, 0.717) is 17.9 Å². The van der Waals surface area contributed by atoms with Crippen molar-refractivity contribution in [3.05, 3.63) is 65.7 Å². The van der Waals surface area contributed by atoms with E-state index in [1.54, 1.807) is 45.0 Å². The first kappa shape index (κ1) is 25.5. The van der Waals surface area contributed by atoms with Gasteiger partial charge in [0, 0.05) is 24.4 Å². The molecule has 1 N–H and O–H groups in total. The minimum atomic E-state index is -0.651. The van der Waals surface area contributed by atoms with Crippen molar-refractivity contribution in [2.24, 2.45) is 0 Å². The molecule has 0 aromatic heterocycles. The minimum Gasteiger partial charge on any atom is -0.459 e. The molecule has 0 fully saturated rings. The van der Waals surface area contributed by atoms with Gasteiger partial charge in [-0.3, -0.25) is 14.5 Å². The molecule has 172 valence electrons. The lowest BCUT2D eigenvalue weighted by atomic mass is 10.0. The maximum absolute atomic E-state index is 13.3. The summed E-state index contributed by atoms with van der Waals surface area (Å²) in [5.74, 6) is -0.0603. The smallest absolute Gasteiger partial charge is 0.326 e. The number of benzene rings is 2.